The van der Waals surface area contributed by atoms with E-state index in [2.05, 4.69) is 15.1 Å². The molecule has 31 heavy (non-hydrogen) atoms. The molecule has 9 heteroatoms. The molecular formula is C22H20N4O4S. The molecule has 0 aliphatic heterocycles. The Bertz CT molecular complexity index is 1200. The zero-order chi connectivity index (χ0) is 21.8. The van der Waals surface area contributed by atoms with Crippen LogP contribution in [-0.4, -0.2) is 52.6 Å². The molecule has 0 N–H and O–H groups in total. The third-order valence-electron chi connectivity index (χ3n) is 4.66. The zero-order valence-corrected chi connectivity index (χ0v) is 18.0. The number of rotatable bonds is 8. The molecule has 0 aliphatic rings. The average Bonchev–Trinajstić information content (AvgIpc) is 3.26. The van der Waals surface area contributed by atoms with Crippen LogP contribution in [0.3, 0.4) is 0 Å². The Morgan fingerprint density at radius 3 is 2.35 bits per heavy atom. The Kier molecular flexibility index (Phi) is 6.03. The third-order valence-corrected chi connectivity index (χ3v) is 5.66. The van der Waals surface area contributed by atoms with Crippen molar-refractivity contribution < 1.29 is 19.0 Å². The number of carbonyl (C=O) groups excluding carboxylic acids is 1. The molecule has 0 amide bonds. The first-order valence-electron chi connectivity index (χ1n) is 9.36. The summed E-state index contributed by atoms with van der Waals surface area (Å²) in [6.07, 6.45) is 3.20. The van der Waals surface area contributed by atoms with Gasteiger partial charge in [-0.1, -0.05) is 30.0 Å². The van der Waals surface area contributed by atoms with Crippen molar-refractivity contribution in [2.24, 2.45) is 0 Å². The van der Waals surface area contributed by atoms with Crippen molar-refractivity contribution in [3.8, 4) is 22.9 Å². The fourth-order valence-electron chi connectivity index (χ4n) is 3.16. The summed E-state index contributed by atoms with van der Waals surface area (Å²) in [6, 6.07) is 13.0. The molecule has 2 heterocycles. The molecule has 8 nitrogen and oxygen atoms in total. The minimum absolute atomic E-state index is 0.0912. The molecule has 0 unspecified atom stereocenters. The molecule has 0 saturated heterocycles. The number of carbonyl (C=O) groups is 1. The first kappa shape index (κ1) is 20.7. The number of ketones is 1. The Hall–Kier alpha value is -3.59. The number of hydrogen-bond donors (Lipinski definition) is 0. The molecule has 4 aromatic rings. The second-order valence-electron chi connectivity index (χ2n) is 6.43. The number of para-hydroxylation sites is 1. The van der Waals surface area contributed by atoms with E-state index in [0.717, 1.165) is 11.1 Å². The number of ether oxygens (including phenoxy) is 3. The minimum Gasteiger partial charge on any atom is -0.493 e. The predicted octanol–water partition coefficient (Wildman–Crippen LogP) is 3.82. The SMILES string of the molecule is COc1cc(C(=O)CSc2ncnc3c2cnn3-c2ccccc2)cc(OC)c1OC. The van der Waals surface area contributed by atoms with E-state index in [-0.39, 0.29) is 11.5 Å². The number of thioether (sulfide) groups is 1. The topological polar surface area (TPSA) is 88.4 Å². The second kappa shape index (κ2) is 9.05. The van der Waals surface area contributed by atoms with Gasteiger partial charge in [-0.2, -0.15) is 5.10 Å². The van der Waals surface area contributed by atoms with Crippen LogP contribution in [0, 0.1) is 0 Å². The van der Waals surface area contributed by atoms with Crippen LogP contribution in [0.4, 0.5) is 0 Å². The molecule has 0 spiro atoms. The summed E-state index contributed by atoms with van der Waals surface area (Å²) in [4.78, 5) is 21.6. The second-order valence-corrected chi connectivity index (χ2v) is 7.40. The highest BCUT2D eigenvalue weighted by molar-refractivity contribution is 8.00. The van der Waals surface area contributed by atoms with Gasteiger partial charge in [0.1, 0.15) is 11.4 Å². The smallest absolute Gasteiger partial charge is 0.203 e. The Morgan fingerprint density at radius 1 is 1.00 bits per heavy atom. The number of hydrogen-bond acceptors (Lipinski definition) is 8. The molecule has 0 fully saturated rings. The molecule has 0 saturated carbocycles. The lowest BCUT2D eigenvalue weighted by Crippen LogP contribution is -2.05. The minimum atomic E-state index is -0.0912. The quantitative estimate of drug-likeness (QED) is 0.234. The van der Waals surface area contributed by atoms with Crippen molar-refractivity contribution in [2.75, 3.05) is 27.1 Å². The first-order valence-corrected chi connectivity index (χ1v) is 10.3. The van der Waals surface area contributed by atoms with E-state index < -0.39 is 0 Å². The zero-order valence-electron chi connectivity index (χ0n) is 17.2. The summed E-state index contributed by atoms with van der Waals surface area (Å²) in [5.41, 5.74) is 2.05. The standard InChI is InChI=1S/C22H20N4O4S/c1-28-18-9-14(10-19(29-2)20(18)30-3)17(27)12-31-22-16-11-25-26(21(16)23-13-24-22)15-7-5-4-6-8-15/h4-11,13H,12H2,1-3H3. The van der Waals surface area contributed by atoms with E-state index in [4.69, 9.17) is 14.2 Å². The maximum atomic E-state index is 12.9. The number of aromatic nitrogens is 4. The highest BCUT2D eigenvalue weighted by Crippen LogP contribution is 2.38. The number of nitrogens with zero attached hydrogens (tertiary/aromatic N) is 4. The van der Waals surface area contributed by atoms with Gasteiger partial charge in [-0.05, 0) is 24.3 Å². The Morgan fingerprint density at radius 2 is 1.71 bits per heavy atom. The van der Waals surface area contributed by atoms with Crippen molar-refractivity contribution in [3.05, 3.63) is 60.6 Å². The van der Waals surface area contributed by atoms with Crippen LogP contribution in [-0.2, 0) is 0 Å². The summed E-state index contributed by atoms with van der Waals surface area (Å²) in [5, 5.41) is 5.92. The molecular weight excluding hydrogens is 416 g/mol. The van der Waals surface area contributed by atoms with E-state index >= 15 is 0 Å². The molecule has 0 aliphatic carbocycles. The van der Waals surface area contributed by atoms with Gasteiger partial charge in [-0.25, -0.2) is 14.6 Å². The number of Topliss-reactive ketones (excluding diaryl/α,β-unsaturated/α-hetero) is 1. The lowest BCUT2D eigenvalue weighted by atomic mass is 10.1. The Labute approximate surface area is 183 Å². The predicted molar refractivity (Wildman–Crippen MR) is 118 cm³/mol. The molecule has 4 rings (SSSR count). The van der Waals surface area contributed by atoms with E-state index in [9.17, 15) is 4.79 Å². The van der Waals surface area contributed by atoms with Crippen molar-refractivity contribution in [3.63, 3.8) is 0 Å². The average molecular weight is 436 g/mol. The maximum absolute atomic E-state index is 12.9. The molecule has 0 bridgehead atoms. The van der Waals surface area contributed by atoms with Crippen molar-refractivity contribution in [1.29, 1.82) is 0 Å². The van der Waals surface area contributed by atoms with Gasteiger partial charge in [-0.3, -0.25) is 4.79 Å². The normalized spacial score (nSPS) is 10.8. The monoisotopic (exact) mass is 436 g/mol. The highest BCUT2D eigenvalue weighted by Gasteiger charge is 2.18. The molecule has 158 valence electrons. The molecule has 2 aromatic heterocycles. The third kappa shape index (κ3) is 4.04. The van der Waals surface area contributed by atoms with Gasteiger partial charge < -0.3 is 14.2 Å². The van der Waals surface area contributed by atoms with Gasteiger partial charge in [0, 0.05) is 5.56 Å². The molecule has 0 atom stereocenters. The van der Waals surface area contributed by atoms with Gasteiger partial charge >= 0.3 is 0 Å². The lowest BCUT2D eigenvalue weighted by molar-refractivity contribution is 0.102. The fourth-order valence-corrected chi connectivity index (χ4v) is 4.01. The van der Waals surface area contributed by atoms with Gasteiger partial charge in [0.2, 0.25) is 5.75 Å². The summed E-state index contributed by atoms with van der Waals surface area (Å²) in [5.74, 6) is 1.40. The van der Waals surface area contributed by atoms with Crippen LogP contribution in [0.1, 0.15) is 10.4 Å². The van der Waals surface area contributed by atoms with Crippen LogP contribution < -0.4 is 14.2 Å². The van der Waals surface area contributed by atoms with Crippen LogP contribution >= 0.6 is 11.8 Å². The van der Waals surface area contributed by atoms with E-state index in [1.165, 1.54) is 39.4 Å². The van der Waals surface area contributed by atoms with Crippen molar-refractivity contribution >= 4 is 28.6 Å². The van der Waals surface area contributed by atoms with Crippen LogP contribution in [0.15, 0.2) is 60.0 Å². The fraction of sp³-hybridized carbons (Fsp3) is 0.182. The van der Waals surface area contributed by atoms with Gasteiger partial charge in [0.25, 0.3) is 0 Å². The van der Waals surface area contributed by atoms with Crippen LogP contribution in [0.5, 0.6) is 17.2 Å². The summed E-state index contributed by atoms with van der Waals surface area (Å²) >= 11 is 1.33. The summed E-state index contributed by atoms with van der Waals surface area (Å²) < 4.78 is 17.7. The first-order chi connectivity index (χ1) is 15.2. The van der Waals surface area contributed by atoms with Crippen LogP contribution in [0.25, 0.3) is 16.7 Å². The van der Waals surface area contributed by atoms with E-state index in [1.807, 2.05) is 30.3 Å². The van der Waals surface area contributed by atoms with Crippen molar-refractivity contribution in [1.82, 2.24) is 19.7 Å². The summed E-state index contributed by atoms with van der Waals surface area (Å²) in [7, 11) is 4.55. The molecule has 0 radical (unpaired) electrons. The highest BCUT2D eigenvalue weighted by atomic mass is 32.2. The molecule has 2 aromatic carbocycles. The number of fused-ring (bicyclic) bond motifs is 1. The van der Waals surface area contributed by atoms with Crippen molar-refractivity contribution in [2.45, 2.75) is 5.03 Å². The maximum Gasteiger partial charge on any atom is 0.203 e. The lowest BCUT2D eigenvalue weighted by Gasteiger charge is -2.13. The van der Waals surface area contributed by atoms with Gasteiger partial charge in [-0.15, -0.1) is 0 Å². The van der Waals surface area contributed by atoms with E-state index in [1.54, 1.807) is 23.0 Å². The van der Waals surface area contributed by atoms with Gasteiger partial charge in [0.05, 0.1) is 44.4 Å². The number of methoxy groups -OCH3 is 3. The van der Waals surface area contributed by atoms with E-state index in [0.29, 0.717) is 33.5 Å². The van der Waals surface area contributed by atoms with Crippen LogP contribution in [0.2, 0.25) is 0 Å². The number of benzene rings is 2. The summed E-state index contributed by atoms with van der Waals surface area (Å²) in [6.45, 7) is 0. The largest absolute Gasteiger partial charge is 0.493 e. The Balaban J connectivity index is 1.59. The van der Waals surface area contributed by atoms with Gasteiger partial charge in [0.15, 0.2) is 22.9 Å².